The number of benzene rings is 2. The molecule has 0 spiro atoms. The molecule has 112 valence electrons. The molecule has 2 heteroatoms. The molecule has 2 aromatic rings. The molecule has 2 unspecified atom stereocenters. The number of hydrogen-bond acceptors (Lipinski definition) is 2. The molecular weight excluding hydrogens is 258 g/mol. The van der Waals surface area contributed by atoms with Crippen LogP contribution in [0.2, 0.25) is 0 Å². The van der Waals surface area contributed by atoms with Gasteiger partial charge in [-0.3, -0.25) is 0 Å². The first kappa shape index (κ1) is 15.6. The highest BCUT2D eigenvalue weighted by Gasteiger charge is 2.18. The van der Waals surface area contributed by atoms with E-state index in [2.05, 4.69) is 73.8 Å². The van der Waals surface area contributed by atoms with Gasteiger partial charge in [-0.1, -0.05) is 56.3 Å². The molecule has 0 heterocycles. The first-order valence-electron chi connectivity index (χ1n) is 7.71. The Kier molecular flexibility index (Phi) is 5.82. The van der Waals surface area contributed by atoms with E-state index in [-0.39, 0.29) is 0 Å². The van der Waals surface area contributed by atoms with Crippen LogP contribution in [0.4, 0.5) is 0 Å². The first-order chi connectivity index (χ1) is 10.3. The van der Waals surface area contributed by atoms with Gasteiger partial charge in [-0.15, -0.1) is 0 Å². The standard InChI is InChI=1S/C19H25NO/c1-4-14-21-18-12-10-17(11-13-18)19(20-3)15(2)16-8-6-5-7-9-16/h5-13,15,19-20H,4,14H2,1-3H3. The molecule has 0 saturated heterocycles. The third kappa shape index (κ3) is 4.08. The van der Waals surface area contributed by atoms with Gasteiger partial charge in [-0.25, -0.2) is 0 Å². The van der Waals surface area contributed by atoms with Crippen LogP contribution in [0.15, 0.2) is 54.6 Å². The molecule has 2 aromatic carbocycles. The van der Waals surface area contributed by atoms with Crippen molar-refractivity contribution < 1.29 is 4.74 Å². The predicted octanol–water partition coefficient (Wildman–Crippen LogP) is 4.54. The molecule has 0 fully saturated rings. The summed E-state index contributed by atoms with van der Waals surface area (Å²) in [5.41, 5.74) is 2.64. The Morgan fingerprint density at radius 2 is 1.62 bits per heavy atom. The summed E-state index contributed by atoms with van der Waals surface area (Å²) in [4.78, 5) is 0. The van der Waals surface area contributed by atoms with Gasteiger partial charge in [0.2, 0.25) is 0 Å². The lowest BCUT2D eigenvalue weighted by molar-refractivity contribution is 0.317. The average Bonchev–Trinajstić information content (AvgIpc) is 2.55. The third-order valence-electron chi connectivity index (χ3n) is 3.85. The monoisotopic (exact) mass is 283 g/mol. The van der Waals surface area contributed by atoms with Crippen LogP contribution in [0, 0.1) is 0 Å². The maximum atomic E-state index is 5.65. The minimum Gasteiger partial charge on any atom is -0.494 e. The van der Waals surface area contributed by atoms with E-state index in [4.69, 9.17) is 4.74 Å². The zero-order valence-electron chi connectivity index (χ0n) is 13.2. The van der Waals surface area contributed by atoms with Crippen LogP contribution in [0.25, 0.3) is 0 Å². The Morgan fingerprint density at radius 1 is 0.952 bits per heavy atom. The maximum absolute atomic E-state index is 5.65. The fraction of sp³-hybridized carbons (Fsp3) is 0.368. The van der Waals surface area contributed by atoms with Crippen LogP contribution in [-0.4, -0.2) is 13.7 Å². The third-order valence-corrected chi connectivity index (χ3v) is 3.85. The molecule has 0 aliphatic carbocycles. The normalized spacial score (nSPS) is 13.7. The molecule has 0 saturated carbocycles. The van der Waals surface area contributed by atoms with E-state index in [0.717, 1.165) is 18.8 Å². The quantitative estimate of drug-likeness (QED) is 0.805. The summed E-state index contributed by atoms with van der Waals surface area (Å²) in [7, 11) is 2.02. The van der Waals surface area contributed by atoms with Crippen molar-refractivity contribution in [3.8, 4) is 5.75 Å². The summed E-state index contributed by atoms with van der Waals surface area (Å²) in [6.45, 7) is 5.15. The fourth-order valence-corrected chi connectivity index (χ4v) is 2.65. The van der Waals surface area contributed by atoms with Gasteiger partial charge >= 0.3 is 0 Å². The van der Waals surface area contributed by atoms with Crippen LogP contribution in [0.3, 0.4) is 0 Å². The fourth-order valence-electron chi connectivity index (χ4n) is 2.65. The summed E-state index contributed by atoms with van der Waals surface area (Å²) in [6, 6.07) is 19.4. The smallest absolute Gasteiger partial charge is 0.119 e. The zero-order chi connectivity index (χ0) is 15.1. The second-order valence-corrected chi connectivity index (χ2v) is 5.38. The van der Waals surface area contributed by atoms with Crippen molar-refractivity contribution in [3.05, 3.63) is 65.7 Å². The van der Waals surface area contributed by atoms with E-state index in [1.165, 1.54) is 11.1 Å². The zero-order valence-corrected chi connectivity index (χ0v) is 13.2. The number of rotatable bonds is 7. The van der Waals surface area contributed by atoms with Gasteiger partial charge in [0.25, 0.3) is 0 Å². The Balaban J connectivity index is 2.13. The minimum absolute atomic E-state index is 0.299. The predicted molar refractivity (Wildman–Crippen MR) is 88.9 cm³/mol. The lowest BCUT2D eigenvalue weighted by Crippen LogP contribution is -2.22. The lowest BCUT2D eigenvalue weighted by atomic mass is 9.88. The van der Waals surface area contributed by atoms with E-state index in [0.29, 0.717) is 12.0 Å². The molecule has 0 bridgehead atoms. The molecule has 1 N–H and O–H groups in total. The summed E-state index contributed by atoms with van der Waals surface area (Å²) in [6.07, 6.45) is 1.03. The van der Waals surface area contributed by atoms with Crippen LogP contribution in [0.1, 0.15) is 43.4 Å². The largest absolute Gasteiger partial charge is 0.494 e. The molecular formula is C19H25NO. The molecule has 0 aliphatic heterocycles. The highest BCUT2D eigenvalue weighted by atomic mass is 16.5. The van der Waals surface area contributed by atoms with Gasteiger partial charge in [-0.2, -0.15) is 0 Å². The molecule has 0 radical (unpaired) electrons. The Morgan fingerprint density at radius 3 is 2.19 bits per heavy atom. The van der Waals surface area contributed by atoms with Crippen molar-refractivity contribution in [2.24, 2.45) is 0 Å². The molecule has 2 atom stereocenters. The van der Waals surface area contributed by atoms with Gasteiger partial charge in [0.15, 0.2) is 0 Å². The molecule has 0 amide bonds. The molecule has 0 aliphatic rings. The van der Waals surface area contributed by atoms with E-state index < -0.39 is 0 Å². The Labute approximate surface area is 128 Å². The van der Waals surface area contributed by atoms with Crippen LogP contribution >= 0.6 is 0 Å². The van der Waals surface area contributed by atoms with Crippen molar-refractivity contribution in [1.29, 1.82) is 0 Å². The van der Waals surface area contributed by atoms with Gasteiger partial charge in [-0.05, 0) is 36.7 Å². The van der Waals surface area contributed by atoms with Crippen LogP contribution in [-0.2, 0) is 0 Å². The van der Waals surface area contributed by atoms with Gasteiger partial charge in [0, 0.05) is 12.0 Å². The van der Waals surface area contributed by atoms with E-state index in [9.17, 15) is 0 Å². The number of nitrogens with one attached hydrogen (secondary N) is 1. The minimum atomic E-state index is 0.299. The lowest BCUT2D eigenvalue weighted by Gasteiger charge is -2.24. The summed E-state index contributed by atoms with van der Waals surface area (Å²) in [5.74, 6) is 1.36. The van der Waals surface area contributed by atoms with Crippen molar-refractivity contribution in [2.75, 3.05) is 13.7 Å². The second-order valence-electron chi connectivity index (χ2n) is 5.38. The molecule has 2 rings (SSSR count). The van der Waals surface area contributed by atoms with Crippen molar-refractivity contribution in [1.82, 2.24) is 5.32 Å². The second kappa shape index (κ2) is 7.84. The SMILES string of the molecule is CCCOc1ccc(C(NC)C(C)c2ccccc2)cc1. The first-order valence-corrected chi connectivity index (χ1v) is 7.71. The molecule has 0 aromatic heterocycles. The summed E-state index contributed by atoms with van der Waals surface area (Å²) < 4.78 is 5.65. The Bertz CT molecular complexity index is 521. The number of hydrogen-bond donors (Lipinski definition) is 1. The van der Waals surface area contributed by atoms with Gasteiger partial charge < -0.3 is 10.1 Å². The number of ether oxygens (including phenoxy) is 1. The highest BCUT2D eigenvalue weighted by molar-refractivity contribution is 5.32. The van der Waals surface area contributed by atoms with Crippen molar-refractivity contribution >= 4 is 0 Å². The maximum Gasteiger partial charge on any atom is 0.119 e. The number of likely N-dealkylation sites (N-methyl/N-ethyl adjacent to an activating group) is 1. The van der Waals surface area contributed by atoms with E-state index in [1.54, 1.807) is 0 Å². The highest BCUT2D eigenvalue weighted by Crippen LogP contribution is 2.31. The van der Waals surface area contributed by atoms with Crippen LogP contribution < -0.4 is 10.1 Å². The van der Waals surface area contributed by atoms with E-state index in [1.807, 2.05) is 7.05 Å². The van der Waals surface area contributed by atoms with Gasteiger partial charge in [0.1, 0.15) is 5.75 Å². The van der Waals surface area contributed by atoms with Gasteiger partial charge in [0.05, 0.1) is 6.61 Å². The summed E-state index contributed by atoms with van der Waals surface area (Å²) >= 11 is 0. The summed E-state index contributed by atoms with van der Waals surface area (Å²) in [5, 5.41) is 3.44. The average molecular weight is 283 g/mol. The Hall–Kier alpha value is -1.80. The molecule has 21 heavy (non-hydrogen) atoms. The van der Waals surface area contributed by atoms with Crippen LogP contribution in [0.5, 0.6) is 5.75 Å². The van der Waals surface area contributed by atoms with E-state index >= 15 is 0 Å². The van der Waals surface area contributed by atoms with Crippen molar-refractivity contribution in [2.45, 2.75) is 32.2 Å². The van der Waals surface area contributed by atoms with Crippen molar-refractivity contribution in [3.63, 3.8) is 0 Å². The topological polar surface area (TPSA) is 21.3 Å². The molecule has 2 nitrogen and oxygen atoms in total.